The van der Waals surface area contributed by atoms with Crippen LogP contribution < -0.4 is 0 Å². The monoisotopic (exact) mass is 482 g/mol. The zero-order chi connectivity index (χ0) is 20.7. The van der Waals surface area contributed by atoms with E-state index >= 15 is 0 Å². The molecule has 1 atom stereocenters. The molecule has 0 fully saturated rings. The first-order valence-corrected chi connectivity index (χ1v) is 13.6. The molecule has 1 aliphatic heterocycles. The highest BCUT2D eigenvalue weighted by Crippen LogP contribution is 2.38. The summed E-state index contributed by atoms with van der Waals surface area (Å²) in [4.78, 5) is 15.2. The van der Waals surface area contributed by atoms with Crippen LogP contribution in [0.15, 0.2) is 41.0 Å². The van der Waals surface area contributed by atoms with Gasteiger partial charge >= 0.3 is 6.03 Å². The molecular formula is C21H28BrClN2O2Si. The third-order valence-corrected chi connectivity index (χ3v) is 11.1. The highest BCUT2D eigenvalue weighted by atomic mass is 79.9. The van der Waals surface area contributed by atoms with Crippen molar-refractivity contribution in [1.29, 1.82) is 0 Å². The van der Waals surface area contributed by atoms with Crippen molar-refractivity contribution >= 4 is 41.9 Å². The number of halogens is 2. The molecule has 0 N–H and O–H groups in total. The van der Waals surface area contributed by atoms with Crippen molar-refractivity contribution in [2.45, 2.75) is 51.4 Å². The van der Waals surface area contributed by atoms with Crippen LogP contribution in [0.25, 0.3) is 0 Å². The molecule has 0 saturated carbocycles. The van der Waals surface area contributed by atoms with Gasteiger partial charge in [-0.05, 0) is 57.8 Å². The highest BCUT2D eigenvalue weighted by Gasteiger charge is 2.39. The van der Waals surface area contributed by atoms with Gasteiger partial charge in [0.15, 0.2) is 8.32 Å². The summed E-state index contributed by atoms with van der Waals surface area (Å²) in [6, 6.07) is 9.58. The number of carbonyl (C=O) groups is 1. The lowest BCUT2D eigenvalue weighted by atomic mass is 10.1. The zero-order valence-corrected chi connectivity index (χ0v) is 20.5. The lowest BCUT2D eigenvalue weighted by molar-refractivity contribution is 0.131. The summed E-state index contributed by atoms with van der Waals surface area (Å²) in [5.74, 6) is 0. The molecule has 2 heterocycles. The Morgan fingerprint density at radius 2 is 2.00 bits per heavy atom. The van der Waals surface area contributed by atoms with Crippen LogP contribution in [-0.4, -0.2) is 37.0 Å². The molecule has 0 bridgehead atoms. The van der Waals surface area contributed by atoms with Crippen molar-refractivity contribution in [2.75, 3.05) is 13.2 Å². The smallest absolute Gasteiger partial charge is 0.328 e. The van der Waals surface area contributed by atoms with E-state index in [9.17, 15) is 4.79 Å². The third-order valence-electron chi connectivity index (χ3n) is 5.94. The normalized spacial score (nSPS) is 16.2. The van der Waals surface area contributed by atoms with E-state index in [0.29, 0.717) is 18.2 Å². The molecule has 1 aromatic carbocycles. The summed E-state index contributed by atoms with van der Waals surface area (Å²) in [6.45, 7) is 12.3. The van der Waals surface area contributed by atoms with Gasteiger partial charge in [-0.15, -0.1) is 0 Å². The van der Waals surface area contributed by atoms with Crippen LogP contribution in [-0.2, 0) is 10.8 Å². The molecule has 152 valence electrons. The Balaban J connectivity index is 1.92. The number of fused-ring (bicyclic) bond motifs is 1. The SMILES string of the molecule is CC(C)(C)[Si](C)(C)OCC(c1cccc(Cl)c1)N1CCc2cc(Br)cn2C1=O. The first-order chi connectivity index (χ1) is 13.0. The summed E-state index contributed by atoms with van der Waals surface area (Å²) < 4.78 is 9.19. The van der Waals surface area contributed by atoms with Crippen LogP contribution in [0.4, 0.5) is 4.79 Å². The van der Waals surface area contributed by atoms with E-state index in [2.05, 4.69) is 49.8 Å². The van der Waals surface area contributed by atoms with Gasteiger partial charge in [0.2, 0.25) is 0 Å². The van der Waals surface area contributed by atoms with Crippen molar-refractivity contribution < 1.29 is 9.22 Å². The molecule has 4 nitrogen and oxygen atoms in total. The largest absolute Gasteiger partial charge is 0.414 e. The van der Waals surface area contributed by atoms with Gasteiger partial charge < -0.3 is 9.33 Å². The summed E-state index contributed by atoms with van der Waals surface area (Å²) in [6.07, 6.45) is 2.65. The summed E-state index contributed by atoms with van der Waals surface area (Å²) >= 11 is 9.75. The van der Waals surface area contributed by atoms with Gasteiger partial charge in [0.1, 0.15) is 0 Å². The van der Waals surface area contributed by atoms with E-state index in [1.165, 1.54) is 0 Å². The maximum atomic E-state index is 13.2. The van der Waals surface area contributed by atoms with E-state index in [1.807, 2.05) is 41.4 Å². The topological polar surface area (TPSA) is 34.5 Å². The van der Waals surface area contributed by atoms with E-state index in [4.69, 9.17) is 16.0 Å². The Labute approximate surface area is 182 Å². The van der Waals surface area contributed by atoms with Crippen LogP contribution in [0.5, 0.6) is 0 Å². The van der Waals surface area contributed by atoms with Gasteiger partial charge in [-0.3, -0.25) is 4.57 Å². The first-order valence-electron chi connectivity index (χ1n) is 9.57. The van der Waals surface area contributed by atoms with Crippen LogP contribution >= 0.6 is 27.5 Å². The third kappa shape index (κ3) is 4.40. The molecule has 0 aliphatic carbocycles. The predicted octanol–water partition coefficient (Wildman–Crippen LogP) is 6.49. The lowest BCUT2D eigenvalue weighted by Crippen LogP contribution is -2.47. The number of carbonyl (C=O) groups excluding carboxylic acids is 1. The maximum absolute atomic E-state index is 13.2. The molecule has 1 amide bonds. The van der Waals surface area contributed by atoms with Crippen molar-refractivity contribution in [3.63, 3.8) is 0 Å². The minimum Gasteiger partial charge on any atom is -0.414 e. The molecular weight excluding hydrogens is 456 g/mol. The summed E-state index contributed by atoms with van der Waals surface area (Å²) in [5.41, 5.74) is 2.04. The molecule has 0 radical (unpaired) electrons. The van der Waals surface area contributed by atoms with Crippen LogP contribution in [0.1, 0.15) is 38.1 Å². The van der Waals surface area contributed by atoms with Gasteiger partial charge in [0.05, 0.1) is 12.6 Å². The minimum atomic E-state index is -1.95. The number of hydrogen-bond acceptors (Lipinski definition) is 2. The van der Waals surface area contributed by atoms with Gasteiger partial charge in [0.25, 0.3) is 0 Å². The van der Waals surface area contributed by atoms with Crippen molar-refractivity contribution in [2.24, 2.45) is 0 Å². The highest BCUT2D eigenvalue weighted by molar-refractivity contribution is 9.10. The summed E-state index contributed by atoms with van der Waals surface area (Å²) in [5, 5.41) is 0.777. The Bertz CT molecular complexity index is 876. The number of benzene rings is 1. The van der Waals surface area contributed by atoms with Crippen LogP contribution in [0.3, 0.4) is 0 Å². The molecule has 28 heavy (non-hydrogen) atoms. The number of amides is 1. The average molecular weight is 484 g/mol. The molecule has 1 aliphatic rings. The van der Waals surface area contributed by atoms with Crippen LogP contribution in [0.2, 0.25) is 23.2 Å². The van der Waals surface area contributed by atoms with Gasteiger partial charge in [-0.1, -0.05) is 44.5 Å². The van der Waals surface area contributed by atoms with Gasteiger partial charge in [-0.25, -0.2) is 4.79 Å². The fourth-order valence-electron chi connectivity index (χ4n) is 3.18. The van der Waals surface area contributed by atoms with Crippen LogP contribution in [0, 0.1) is 0 Å². The molecule has 2 aromatic rings. The minimum absolute atomic E-state index is 0.0178. The zero-order valence-electron chi connectivity index (χ0n) is 17.1. The van der Waals surface area contributed by atoms with E-state index < -0.39 is 8.32 Å². The van der Waals surface area contributed by atoms with E-state index in [0.717, 1.165) is 22.2 Å². The van der Waals surface area contributed by atoms with E-state index in [-0.39, 0.29) is 17.1 Å². The molecule has 1 aromatic heterocycles. The number of rotatable bonds is 5. The quantitative estimate of drug-likeness (QED) is 0.455. The van der Waals surface area contributed by atoms with E-state index in [1.54, 1.807) is 4.57 Å². The predicted molar refractivity (Wildman–Crippen MR) is 121 cm³/mol. The summed E-state index contributed by atoms with van der Waals surface area (Å²) in [7, 11) is -1.95. The standard InChI is InChI=1S/C21H28BrClN2O2Si/c1-21(2,3)28(4,5)27-14-19(15-7-6-8-17(23)11-15)24-10-9-18-12-16(22)13-25(18)20(24)26/h6-8,11-13,19H,9-10,14H2,1-5H3. The molecule has 7 heteroatoms. The second-order valence-electron chi connectivity index (χ2n) is 8.89. The average Bonchev–Trinajstić information content (AvgIpc) is 2.97. The fraction of sp³-hybridized carbons (Fsp3) is 0.476. The Kier molecular flexibility index (Phi) is 6.16. The Hall–Kier alpha value is -1.08. The Morgan fingerprint density at radius 3 is 2.64 bits per heavy atom. The maximum Gasteiger partial charge on any atom is 0.328 e. The van der Waals surface area contributed by atoms with Gasteiger partial charge in [0, 0.05) is 34.4 Å². The van der Waals surface area contributed by atoms with Crippen molar-refractivity contribution in [3.05, 3.63) is 57.3 Å². The van der Waals surface area contributed by atoms with Crippen molar-refractivity contribution in [1.82, 2.24) is 9.47 Å². The van der Waals surface area contributed by atoms with Gasteiger partial charge in [-0.2, -0.15) is 0 Å². The Morgan fingerprint density at radius 1 is 1.29 bits per heavy atom. The second kappa shape index (κ2) is 7.98. The number of aromatic nitrogens is 1. The number of nitrogens with zero attached hydrogens (tertiary/aromatic N) is 2. The first kappa shape index (κ1) is 21.6. The second-order valence-corrected chi connectivity index (χ2v) is 15.0. The molecule has 0 saturated heterocycles. The number of hydrogen-bond donors (Lipinski definition) is 0. The fourth-order valence-corrected chi connectivity index (χ4v) is 4.86. The lowest BCUT2D eigenvalue weighted by Gasteiger charge is -2.40. The molecule has 1 unspecified atom stereocenters. The molecule has 3 rings (SSSR count). The van der Waals surface area contributed by atoms with Crippen molar-refractivity contribution in [3.8, 4) is 0 Å². The molecule has 0 spiro atoms.